The maximum atomic E-state index is 11.7. The van der Waals surface area contributed by atoms with Gasteiger partial charge in [0.05, 0.1) is 5.57 Å². The molecule has 0 unspecified atom stereocenters. The lowest BCUT2D eigenvalue weighted by molar-refractivity contribution is -0.132. The van der Waals surface area contributed by atoms with Crippen molar-refractivity contribution in [2.24, 2.45) is 0 Å². The highest BCUT2D eigenvalue weighted by Crippen LogP contribution is 2.46. The van der Waals surface area contributed by atoms with E-state index in [9.17, 15) is 9.90 Å². The van der Waals surface area contributed by atoms with E-state index in [4.69, 9.17) is 0 Å². The van der Waals surface area contributed by atoms with Crippen molar-refractivity contribution in [2.75, 3.05) is 0 Å². The van der Waals surface area contributed by atoms with Crippen LogP contribution in [-0.4, -0.2) is 11.1 Å². The zero-order valence-corrected chi connectivity index (χ0v) is 12.5. The van der Waals surface area contributed by atoms with Crippen LogP contribution in [0.5, 0.6) is 0 Å². The monoisotopic (exact) mass is 296 g/mol. The van der Waals surface area contributed by atoms with Gasteiger partial charge in [0, 0.05) is 4.90 Å². The summed E-state index contributed by atoms with van der Waals surface area (Å²) in [4.78, 5) is 14.2. The number of carbonyl (C=O) groups is 1. The lowest BCUT2D eigenvalue weighted by Crippen LogP contribution is -2.04. The Hall–Kier alpha value is -1.74. The largest absolute Gasteiger partial charge is 0.478 e. The smallest absolute Gasteiger partial charge is 0.336 e. The molecule has 21 heavy (non-hydrogen) atoms. The van der Waals surface area contributed by atoms with Crippen molar-refractivity contribution >= 4 is 23.8 Å². The SMILES string of the molecule is O=C(O)C1=Cc2ccc3c(c2SC2=C1C=CCC2)CCC3. The van der Waals surface area contributed by atoms with Crippen LogP contribution in [0.1, 0.15) is 36.0 Å². The first-order valence-corrected chi connectivity index (χ1v) is 8.23. The van der Waals surface area contributed by atoms with Crippen LogP contribution in [0.25, 0.3) is 6.08 Å². The van der Waals surface area contributed by atoms with E-state index in [2.05, 4.69) is 18.2 Å². The number of thioether (sulfide) groups is 1. The van der Waals surface area contributed by atoms with E-state index < -0.39 is 5.97 Å². The van der Waals surface area contributed by atoms with E-state index in [1.165, 1.54) is 27.3 Å². The minimum Gasteiger partial charge on any atom is -0.478 e. The van der Waals surface area contributed by atoms with Crippen molar-refractivity contribution in [3.05, 3.63) is 57.0 Å². The van der Waals surface area contributed by atoms with Gasteiger partial charge in [0.25, 0.3) is 0 Å². The molecule has 1 aromatic rings. The van der Waals surface area contributed by atoms with Crippen molar-refractivity contribution in [1.82, 2.24) is 0 Å². The van der Waals surface area contributed by atoms with Crippen LogP contribution >= 0.6 is 11.8 Å². The molecule has 0 spiro atoms. The maximum absolute atomic E-state index is 11.7. The molecule has 0 radical (unpaired) electrons. The summed E-state index contributed by atoms with van der Waals surface area (Å²) in [7, 11) is 0. The van der Waals surface area contributed by atoms with Gasteiger partial charge in [0.15, 0.2) is 0 Å². The molecule has 0 fully saturated rings. The Labute approximate surface area is 128 Å². The van der Waals surface area contributed by atoms with Gasteiger partial charge in [-0.15, -0.1) is 0 Å². The third-order valence-electron chi connectivity index (χ3n) is 4.43. The standard InChI is InChI=1S/C18H16O2S/c19-18(20)15-10-12-9-8-11-4-3-6-13(11)17(12)21-16-7-2-1-5-14(15)16/h1,5,8-10H,2-4,6-7H2,(H,19,20). The number of hydrogen-bond donors (Lipinski definition) is 1. The van der Waals surface area contributed by atoms with Crippen molar-refractivity contribution in [3.8, 4) is 0 Å². The minimum atomic E-state index is -0.831. The first-order valence-electron chi connectivity index (χ1n) is 7.41. The summed E-state index contributed by atoms with van der Waals surface area (Å²) in [5.41, 5.74) is 5.30. The van der Waals surface area contributed by atoms with Crippen LogP contribution in [0, 0.1) is 0 Å². The Morgan fingerprint density at radius 2 is 2.10 bits per heavy atom. The van der Waals surface area contributed by atoms with E-state index in [0.717, 1.165) is 36.8 Å². The average molecular weight is 296 g/mol. The molecule has 4 rings (SSSR count). The molecule has 0 saturated carbocycles. The van der Waals surface area contributed by atoms with Crippen molar-refractivity contribution < 1.29 is 9.90 Å². The van der Waals surface area contributed by atoms with Crippen molar-refractivity contribution in [3.63, 3.8) is 0 Å². The number of hydrogen-bond acceptors (Lipinski definition) is 2. The van der Waals surface area contributed by atoms with Crippen LogP contribution in [0.4, 0.5) is 0 Å². The quantitative estimate of drug-likeness (QED) is 0.837. The molecule has 3 aliphatic rings. The number of allylic oxidation sites excluding steroid dienone is 3. The fourth-order valence-electron chi connectivity index (χ4n) is 3.41. The van der Waals surface area contributed by atoms with Crippen molar-refractivity contribution in [2.45, 2.75) is 37.0 Å². The number of aryl methyl sites for hydroxylation is 1. The molecule has 0 bridgehead atoms. The molecule has 0 saturated heterocycles. The highest BCUT2D eigenvalue weighted by atomic mass is 32.2. The van der Waals surface area contributed by atoms with Gasteiger partial charge in [0.2, 0.25) is 0 Å². The van der Waals surface area contributed by atoms with Gasteiger partial charge >= 0.3 is 5.97 Å². The van der Waals surface area contributed by atoms with Crippen LogP contribution < -0.4 is 0 Å². The second-order valence-electron chi connectivity index (χ2n) is 5.72. The summed E-state index contributed by atoms with van der Waals surface area (Å²) in [5.74, 6) is -0.831. The summed E-state index contributed by atoms with van der Waals surface area (Å²) in [6.45, 7) is 0. The number of rotatable bonds is 1. The fourth-order valence-corrected chi connectivity index (χ4v) is 4.76. The predicted octanol–water partition coefficient (Wildman–Crippen LogP) is 4.35. The number of carboxylic acids is 1. The molecule has 0 aromatic heterocycles. The Morgan fingerprint density at radius 3 is 2.95 bits per heavy atom. The lowest BCUT2D eigenvalue weighted by Gasteiger charge is -2.15. The third-order valence-corrected chi connectivity index (χ3v) is 5.79. The average Bonchev–Trinajstić information content (AvgIpc) is 2.89. The topological polar surface area (TPSA) is 37.3 Å². The first-order chi connectivity index (χ1) is 10.2. The minimum absolute atomic E-state index is 0.435. The summed E-state index contributed by atoms with van der Waals surface area (Å²) < 4.78 is 0. The molecule has 3 heteroatoms. The fraction of sp³-hybridized carbons (Fsp3) is 0.278. The number of aliphatic carboxylic acids is 1. The van der Waals surface area contributed by atoms with Gasteiger partial charge in [-0.05, 0) is 65.3 Å². The predicted molar refractivity (Wildman–Crippen MR) is 85.3 cm³/mol. The van der Waals surface area contributed by atoms with Crippen LogP contribution in [0.3, 0.4) is 0 Å². The van der Waals surface area contributed by atoms with Gasteiger partial charge < -0.3 is 5.11 Å². The Morgan fingerprint density at radius 1 is 1.19 bits per heavy atom. The van der Waals surface area contributed by atoms with Gasteiger partial charge in [0.1, 0.15) is 0 Å². The first kappa shape index (κ1) is 13.0. The molecule has 1 heterocycles. The van der Waals surface area contributed by atoms with Crippen LogP contribution in [-0.2, 0) is 17.6 Å². The number of fused-ring (bicyclic) bond motifs is 3. The zero-order chi connectivity index (χ0) is 14.4. The zero-order valence-electron chi connectivity index (χ0n) is 11.7. The van der Waals surface area contributed by atoms with E-state index in [0.29, 0.717) is 5.57 Å². The van der Waals surface area contributed by atoms with E-state index in [1.807, 2.05) is 12.2 Å². The molecule has 2 nitrogen and oxygen atoms in total. The Kier molecular flexibility index (Phi) is 3.03. The Bertz CT molecular complexity index is 738. The normalized spacial score (nSPS) is 19.5. The van der Waals surface area contributed by atoms with E-state index >= 15 is 0 Å². The highest BCUT2D eigenvalue weighted by molar-refractivity contribution is 8.03. The molecule has 2 aliphatic carbocycles. The molecular weight excluding hydrogens is 280 g/mol. The van der Waals surface area contributed by atoms with Crippen molar-refractivity contribution in [1.29, 1.82) is 0 Å². The third kappa shape index (κ3) is 2.07. The van der Waals surface area contributed by atoms with Crippen LogP contribution in [0.2, 0.25) is 0 Å². The van der Waals surface area contributed by atoms with Gasteiger partial charge in [-0.1, -0.05) is 36.0 Å². The summed E-state index contributed by atoms with van der Waals surface area (Å²) >= 11 is 1.80. The summed E-state index contributed by atoms with van der Waals surface area (Å²) in [6.07, 6.45) is 11.4. The molecule has 0 atom stereocenters. The van der Waals surface area contributed by atoms with E-state index in [-0.39, 0.29) is 0 Å². The second-order valence-corrected chi connectivity index (χ2v) is 6.82. The van der Waals surface area contributed by atoms with Crippen LogP contribution in [0.15, 0.2) is 45.2 Å². The maximum Gasteiger partial charge on any atom is 0.336 e. The molecular formula is C18H16O2S. The number of benzene rings is 1. The second kappa shape index (κ2) is 4.92. The molecule has 106 valence electrons. The number of carboxylic acid groups (broad SMARTS) is 1. The van der Waals surface area contributed by atoms with Gasteiger partial charge in [-0.25, -0.2) is 4.79 Å². The summed E-state index contributed by atoms with van der Waals surface area (Å²) in [6, 6.07) is 4.27. The molecule has 0 amide bonds. The van der Waals surface area contributed by atoms with Gasteiger partial charge in [-0.3, -0.25) is 0 Å². The van der Waals surface area contributed by atoms with Gasteiger partial charge in [-0.2, -0.15) is 0 Å². The molecule has 1 N–H and O–H groups in total. The highest BCUT2D eigenvalue weighted by Gasteiger charge is 2.26. The summed E-state index contributed by atoms with van der Waals surface area (Å²) in [5, 5.41) is 9.58. The Balaban J connectivity index is 1.95. The molecule has 1 aromatic carbocycles. The van der Waals surface area contributed by atoms with E-state index in [1.54, 1.807) is 11.8 Å². The lowest BCUT2D eigenvalue weighted by atomic mass is 9.96. The molecule has 1 aliphatic heterocycles.